The zero-order chi connectivity index (χ0) is 10.5. The highest BCUT2D eigenvalue weighted by Crippen LogP contribution is 2.42. The molecule has 0 aromatic carbocycles. The second-order valence-corrected chi connectivity index (χ2v) is 7.36. The Kier molecular flexibility index (Phi) is 2.32. The van der Waals surface area contributed by atoms with Gasteiger partial charge in [-0.3, -0.25) is 0 Å². The highest BCUT2D eigenvalue weighted by Gasteiger charge is 2.45. The molecule has 4 atom stereocenters. The van der Waals surface area contributed by atoms with Gasteiger partial charge < -0.3 is 0 Å². The van der Waals surface area contributed by atoms with Crippen molar-refractivity contribution in [2.24, 2.45) is 5.92 Å². The SMILES string of the molecule is O=S1(=O)CCC2C[C@H]3CCCC[C@@H](C2)N31. The van der Waals surface area contributed by atoms with E-state index in [1.807, 2.05) is 4.31 Å². The zero-order valence-electron chi connectivity index (χ0n) is 9.06. The zero-order valence-corrected chi connectivity index (χ0v) is 9.88. The van der Waals surface area contributed by atoms with Crippen molar-refractivity contribution in [2.75, 3.05) is 5.75 Å². The number of hydrogen-bond acceptors (Lipinski definition) is 2. The number of rotatable bonds is 0. The van der Waals surface area contributed by atoms with Gasteiger partial charge in [-0.1, -0.05) is 12.8 Å². The molecule has 4 heterocycles. The molecule has 0 aromatic rings. The number of fused-ring (bicyclic) bond motifs is 2. The maximum absolute atomic E-state index is 12.2. The molecule has 0 saturated carbocycles. The Bertz CT molecular complexity index is 336. The lowest BCUT2D eigenvalue weighted by Gasteiger charge is -2.39. The van der Waals surface area contributed by atoms with Crippen molar-refractivity contribution in [3.63, 3.8) is 0 Å². The van der Waals surface area contributed by atoms with E-state index in [0.29, 0.717) is 23.8 Å². The van der Waals surface area contributed by atoms with Crippen molar-refractivity contribution >= 4 is 10.0 Å². The Morgan fingerprint density at radius 3 is 2.13 bits per heavy atom. The summed E-state index contributed by atoms with van der Waals surface area (Å²) in [4.78, 5) is 0. The molecule has 0 N–H and O–H groups in total. The maximum Gasteiger partial charge on any atom is 0.214 e. The molecule has 2 unspecified atom stereocenters. The second kappa shape index (κ2) is 3.45. The fourth-order valence-electron chi connectivity index (χ4n) is 3.73. The monoisotopic (exact) mass is 229 g/mol. The average molecular weight is 229 g/mol. The van der Waals surface area contributed by atoms with Gasteiger partial charge in [0.1, 0.15) is 0 Å². The van der Waals surface area contributed by atoms with Crippen LogP contribution in [0.25, 0.3) is 0 Å². The fraction of sp³-hybridized carbons (Fsp3) is 1.00. The van der Waals surface area contributed by atoms with E-state index >= 15 is 0 Å². The van der Waals surface area contributed by atoms with E-state index in [2.05, 4.69) is 0 Å². The number of hydrogen-bond donors (Lipinski definition) is 0. The van der Waals surface area contributed by atoms with Crippen LogP contribution in [-0.2, 0) is 10.0 Å². The second-order valence-electron chi connectivity index (χ2n) is 5.36. The van der Waals surface area contributed by atoms with Crippen LogP contribution in [0.15, 0.2) is 0 Å². The topological polar surface area (TPSA) is 37.4 Å². The number of piperidine rings is 1. The first-order valence-electron chi connectivity index (χ1n) is 6.18. The van der Waals surface area contributed by atoms with E-state index in [1.54, 1.807) is 0 Å². The van der Waals surface area contributed by atoms with Gasteiger partial charge in [0, 0.05) is 12.1 Å². The normalized spacial score (nSPS) is 48.3. The van der Waals surface area contributed by atoms with Crippen LogP contribution in [0.2, 0.25) is 0 Å². The molecule has 4 fully saturated rings. The highest BCUT2D eigenvalue weighted by atomic mass is 32.2. The summed E-state index contributed by atoms with van der Waals surface area (Å²) in [5.41, 5.74) is 0. The third-order valence-electron chi connectivity index (χ3n) is 4.36. The van der Waals surface area contributed by atoms with Gasteiger partial charge >= 0.3 is 0 Å². The fourth-order valence-corrected chi connectivity index (χ4v) is 5.87. The first-order chi connectivity index (χ1) is 7.17. The molecule has 4 saturated heterocycles. The minimum Gasteiger partial charge on any atom is -0.212 e. The summed E-state index contributed by atoms with van der Waals surface area (Å²) in [6, 6.07) is 0.701. The Morgan fingerprint density at radius 2 is 1.53 bits per heavy atom. The van der Waals surface area contributed by atoms with Crippen LogP contribution >= 0.6 is 0 Å². The lowest BCUT2D eigenvalue weighted by molar-refractivity contribution is 0.146. The standard InChI is InChI=1S/C11H19NO2S/c13-15(14)6-5-9-7-10-3-1-2-4-11(8-9)12(10)15/h9-11H,1-8H2/t9?,10-,11+. The van der Waals surface area contributed by atoms with Crippen molar-refractivity contribution in [3.05, 3.63) is 0 Å². The predicted molar refractivity (Wildman–Crippen MR) is 59.0 cm³/mol. The molecule has 4 aliphatic heterocycles. The molecule has 4 bridgehead atoms. The summed E-state index contributed by atoms with van der Waals surface area (Å²) in [6.07, 6.45) is 7.83. The van der Waals surface area contributed by atoms with Gasteiger partial charge in [0.2, 0.25) is 10.0 Å². The van der Waals surface area contributed by atoms with Crippen LogP contribution in [0.1, 0.15) is 44.9 Å². The summed E-state index contributed by atoms with van der Waals surface area (Å²) in [7, 11) is -2.92. The molecule has 0 spiro atoms. The van der Waals surface area contributed by atoms with Crippen molar-refractivity contribution in [1.82, 2.24) is 4.31 Å². The van der Waals surface area contributed by atoms with Gasteiger partial charge in [-0.2, -0.15) is 4.31 Å². The van der Waals surface area contributed by atoms with Crippen LogP contribution in [0.3, 0.4) is 0 Å². The number of nitrogens with zero attached hydrogens (tertiary/aromatic N) is 1. The van der Waals surface area contributed by atoms with Crippen molar-refractivity contribution in [1.29, 1.82) is 0 Å². The van der Waals surface area contributed by atoms with Crippen molar-refractivity contribution in [3.8, 4) is 0 Å². The largest absolute Gasteiger partial charge is 0.214 e. The Balaban J connectivity index is 2.03. The van der Waals surface area contributed by atoms with Crippen LogP contribution in [0, 0.1) is 5.92 Å². The lowest BCUT2D eigenvalue weighted by atomic mass is 9.85. The molecule has 0 amide bonds. The van der Waals surface area contributed by atoms with Gasteiger partial charge in [-0.05, 0) is 38.0 Å². The quantitative estimate of drug-likeness (QED) is 0.634. The van der Waals surface area contributed by atoms with E-state index in [0.717, 1.165) is 32.1 Å². The van der Waals surface area contributed by atoms with E-state index < -0.39 is 10.0 Å². The van der Waals surface area contributed by atoms with Crippen molar-refractivity contribution in [2.45, 2.75) is 57.0 Å². The van der Waals surface area contributed by atoms with Gasteiger partial charge in [-0.15, -0.1) is 0 Å². The molecular weight excluding hydrogens is 210 g/mol. The highest BCUT2D eigenvalue weighted by molar-refractivity contribution is 7.89. The first kappa shape index (κ1) is 10.1. The van der Waals surface area contributed by atoms with Gasteiger partial charge in [0.05, 0.1) is 5.75 Å². The molecule has 0 aromatic heterocycles. The Hall–Kier alpha value is -0.0900. The Labute approximate surface area is 91.9 Å². The molecular formula is C11H19NO2S. The molecule has 0 radical (unpaired) electrons. The smallest absolute Gasteiger partial charge is 0.212 e. The summed E-state index contributed by atoms with van der Waals surface area (Å²) in [5.74, 6) is 1.09. The average Bonchev–Trinajstić information content (AvgIpc) is 2.45. The van der Waals surface area contributed by atoms with Crippen LogP contribution in [-0.4, -0.2) is 30.6 Å². The summed E-state index contributed by atoms with van der Waals surface area (Å²) < 4.78 is 26.2. The van der Waals surface area contributed by atoms with Crippen LogP contribution in [0.5, 0.6) is 0 Å². The first-order valence-corrected chi connectivity index (χ1v) is 7.79. The van der Waals surface area contributed by atoms with E-state index in [9.17, 15) is 8.42 Å². The molecule has 4 aliphatic rings. The summed E-state index contributed by atoms with van der Waals surface area (Å²) in [5, 5.41) is 0. The van der Waals surface area contributed by atoms with Gasteiger partial charge in [0.15, 0.2) is 0 Å². The molecule has 3 nitrogen and oxygen atoms in total. The maximum atomic E-state index is 12.2. The molecule has 86 valence electrons. The predicted octanol–water partition coefficient (Wildman–Crippen LogP) is 1.74. The summed E-state index contributed by atoms with van der Waals surface area (Å²) >= 11 is 0. The Morgan fingerprint density at radius 1 is 0.933 bits per heavy atom. The third-order valence-corrected chi connectivity index (χ3v) is 6.35. The molecule has 15 heavy (non-hydrogen) atoms. The van der Waals surface area contributed by atoms with Crippen molar-refractivity contribution < 1.29 is 8.42 Å². The van der Waals surface area contributed by atoms with Crippen LogP contribution in [0.4, 0.5) is 0 Å². The minimum atomic E-state index is -2.92. The van der Waals surface area contributed by atoms with E-state index in [1.165, 1.54) is 12.8 Å². The third kappa shape index (κ3) is 1.62. The molecule has 0 aliphatic carbocycles. The minimum absolute atomic E-state index is 0.351. The molecule has 4 heteroatoms. The molecule has 4 rings (SSSR count). The lowest BCUT2D eigenvalue weighted by Crippen LogP contribution is -2.48. The van der Waals surface area contributed by atoms with Gasteiger partial charge in [-0.25, -0.2) is 8.42 Å². The van der Waals surface area contributed by atoms with Crippen LogP contribution < -0.4 is 0 Å². The van der Waals surface area contributed by atoms with E-state index in [-0.39, 0.29) is 0 Å². The summed E-state index contributed by atoms with van der Waals surface area (Å²) in [6.45, 7) is 0. The number of sulfonamides is 1. The van der Waals surface area contributed by atoms with Gasteiger partial charge in [0.25, 0.3) is 0 Å². The van der Waals surface area contributed by atoms with E-state index in [4.69, 9.17) is 0 Å².